The molecule has 0 saturated carbocycles. The van der Waals surface area contributed by atoms with E-state index in [0.29, 0.717) is 23.3 Å². The van der Waals surface area contributed by atoms with Crippen molar-refractivity contribution < 1.29 is 0 Å². The maximum absolute atomic E-state index is 10.6. The molecule has 0 N–H and O–H groups in total. The Morgan fingerprint density at radius 1 is 0.275 bits per heavy atom. The maximum Gasteiger partial charge on any atom is 0.240 e. The molecule has 91 heavy (non-hydrogen) atoms. The molecule has 7 nitrogen and oxygen atoms in total. The summed E-state index contributed by atoms with van der Waals surface area (Å²) in [6, 6.07) is 123. The summed E-state index contributed by atoms with van der Waals surface area (Å²) in [4.78, 5) is 17.3. The lowest BCUT2D eigenvalue weighted by Crippen LogP contribution is -2.74. The third kappa shape index (κ3) is 8.35. The van der Waals surface area contributed by atoms with Crippen LogP contribution in [0.1, 0.15) is 5.56 Å². The Bertz CT molecular complexity index is 5440. The van der Waals surface area contributed by atoms with Crippen molar-refractivity contribution in [3.63, 3.8) is 0 Å². The van der Waals surface area contributed by atoms with Gasteiger partial charge in [0.15, 0.2) is 22.0 Å². The number of benzene rings is 13. The van der Waals surface area contributed by atoms with Crippen LogP contribution in [0, 0.1) is 11.3 Å². The van der Waals surface area contributed by atoms with Gasteiger partial charge >= 0.3 is 0 Å². The molecular formula is C82H55N7Si2. The first-order chi connectivity index (χ1) is 45.1. The highest BCUT2D eigenvalue weighted by molar-refractivity contribution is 7.20. The number of para-hydroxylation sites is 3. The van der Waals surface area contributed by atoms with Gasteiger partial charge in [-0.1, -0.05) is 279 Å². The van der Waals surface area contributed by atoms with Gasteiger partial charge in [0, 0.05) is 43.6 Å². The van der Waals surface area contributed by atoms with Crippen molar-refractivity contribution in [3.8, 4) is 35.0 Å². The highest BCUT2D eigenvalue weighted by Gasteiger charge is 2.43. The molecule has 0 amide bonds. The smallest absolute Gasteiger partial charge is 0.240 e. The van der Waals surface area contributed by atoms with E-state index in [-0.39, 0.29) is 0 Å². The van der Waals surface area contributed by atoms with Gasteiger partial charge in [-0.2, -0.15) is 20.2 Å². The standard InChI is InChI=1S/C82H55N7Si2/c83-56-57-44-52-75-72(54-57)69-50-49-67(91(63-34-16-5-17-35-63,64-36-18-6-19-37-64)65-38-20-7-21-39-65)55-77(69)88(75)81-84-80(58-45-47-66(48-46-58)90(60-28-10-2-11-29-60,61-30-12-3-13-31-61)62-32-14-4-15-33-62)85-82(86-81)89-73-42-24-22-40-68(73)70-51-53-76-78(79(70)89)71-41-23-25-43-74(71)87(76)59-26-8-1-9-27-59/h1-55H. The molecule has 0 fully saturated rings. The number of hydrogen-bond donors (Lipinski definition) is 0. The molecule has 0 aliphatic carbocycles. The Labute approximate surface area is 528 Å². The summed E-state index contributed by atoms with van der Waals surface area (Å²) in [7, 11) is -5.99. The second-order valence-electron chi connectivity index (χ2n) is 23.3. The molecule has 13 aromatic carbocycles. The molecule has 17 aromatic rings. The van der Waals surface area contributed by atoms with Crippen LogP contribution >= 0.6 is 0 Å². The van der Waals surface area contributed by atoms with Crippen LogP contribution in [0.5, 0.6) is 0 Å². The monoisotopic (exact) mass is 1190 g/mol. The number of rotatable bonds is 12. The van der Waals surface area contributed by atoms with E-state index in [0.717, 1.165) is 76.7 Å². The van der Waals surface area contributed by atoms with Crippen LogP contribution in [-0.2, 0) is 0 Å². The highest BCUT2D eigenvalue weighted by Crippen LogP contribution is 2.42. The van der Waals surface area contributed by atoms with Gasteiger partial charge in [0.05, 0.1) is 44.7 Å². The van der Waals surface area contributed by atoms with Crippen molar-refractivity contribution in [1.82, 2.24) is 28.7 Å². The van der Waals surface area contributed by atoms with Gasteiger partial charge in [-0.3, -0.25) is 9.13 Å². The third-order valence-electron chi connectivity index (χ3n) is 18.6. The number of nitriles is 1. The minimum absolute atomic E-state index is 0.448. The van der Waals surface area contributed by atoms with Gasteiger partial charge < -0.3 is 4.57 Å². The zero-order valence-electron chi connectivity index (χ0n) is 49.4. The fourth-order valence-electron chi connectivity index (χ4n) is 14.8. The molecule has 0 saturated heterocycles. The van der Waals surface area contributed by atoms with E-state index in [1.807, 2.05) is 12.1 Å². The zero-order chi connectivity index (χ0) is 60.5. The lowest BCUT2D eigenvalue weighted by molar-refractivity contribution is 0.894. The van der Waals surface area contributed by atoms with Crippen molar-refractivity contribution in [2.24, 2.45) is 0 Å². The molecule has 0 aliphatic heterocycles. The molecule has 0 unspecified atom stereocenters. The van der Waals surface area contributed by atoms with E-state index in [1.165, 1.54) is 41.5 Å². The third-order valence-corrected chi connectivity index (χ3v) is 28.2. The molecule has 9 heteroatoms. The van der Waals surface area contributed by atoms with Crippen LogP contribution in [0.15, 0.2) is 334 Å². The van der Waals surface area contributed by atoms with Crippen molar-refractivity contribution in [1.29, 1.82) is 5.26 Å². The Morgan fingerprint density at radius 2 is 0.670 bits per heavy atom. The molecule has 426 valence electrons. The summed E-state index contributed by atoms with van der Waals surface area (Å²) in [6.45, 7) is 0. The number of fused-ring (bicyclic) bond motifs is 10. The first kappa shape index (κ1) is 53.4. The zero-order valence-corrected chi connectivity index (χ0v) is 51.4. The first-order valence-electron chi connectivity index (χ1n) is 30.8. The average molecular weight is 1190 g/mol. The Kier molecular flexibility index (Phi) is 12.8. The topological polar surface area (TPSA) is 77.2 Å². The molecule has 17 rings (SSSR count). The van der Waals surface area contributed by atoms with Crippen molar-refractivity contribution in [2.75, 3.05) is 0 Å². The van der Waals surface area contributed by atoms with Crippen LogP contribution in [0.2, 0.25) is 0 Å². The molecular weight excluding hydrogens is 1140 g/mol. The van der Waals surface area contributed by atoms with Crippen LogP contribution in [-0.4, -0.2) is 44.8 Å². The summed E-state index contributed by atoms with van der Waals surface area (Å²) < 4.78 is 6.87. The summed E-state index contributed by atoms with van der Waals surface area (Å²) >= 11 is 0. The van der Waals surface area contributed by atoms with E-state index in [2.05, 4.69) is 341 Å². The van der Waals surface area contributed by atoms with Crippen molar-refractivity contribution >= 4 is 123 Å². The summed E-state index contributed by atoms with van der Waals surface area (Å²) in [5.74, 6) is 1.44. The summed E-state index contributed by atoms with van der Waals surface area (Å²) in [5, 5.41) is 27.0. The molecule has 4 heterocycles. The Hall–Kier alpha value is -11.8. The molecule has 0 spiro atoms. The molecule has 0 atom stereocenters. The molecule has 0 aliphatic rings. The first-order valence-corrected chi connectivity index (χ1v) is 34.8. The lowest BCUT2D eigenvalue weighted by Gasteiger charge is -2.34. The van der Waals surface area contributed by atoms with E-state index >= 15 is 0 Å². The van der Waals surface area contributed by atoms with Crippen LogP contribution < -0.4 is 41.5 Å². The minimum Gasteiger partial charge on any atom is -0.309 e. The van der Waals surface area contributed by atoms with E-state index < -0.39 is 16.1 Å². The van der Waals surface area contributed by atoms with E-state index in [4.69, 9.17) is 15.0 Å². The quantitative estimate of drug-likeness (QED) is 0.0902. The van der Waals surface area contributed by atoms with Gasteiger partial charge in [-0.15, -0.1) is 0 Å². The molecule has 4 aromatic heterocycles. The summed E-state index contributed by atoms with van der Waals surface area (Å²) in [6.07, 6.45) is 0. The van der Waals surface area contributed by atoms with Crippen LogP contribution in [0.3, 0.4) is 0 Å². The van der Waals surface area contributed by atoms with Crippen molar-refractivity contribution in [2.45, 2.75) is 0 Å². The number of nitrogens with zero attached hydrogens (tertiary/aromatic N) is 7. The number of hydrogen-bond acceptors (Lipinski definition) is 4. The van der Waals surface area contributed by atoms with Gasteiger partial charge in [-0.05, 0) is 96.1 Å². The molecule has 0 radical (unpaired) electrons. The lowest BCUT2D eigenvalue weighted by atomic mass is 10.1. The van der Waals surface area contributed by atoms with Gasteiger partial charge in [0.1, 0.15) is 0 Å². The molecule has 0 bridgehead atoms. The second-order valence-corrected chi connectivity index (χ2v) is 31.0. The Balaban J connectivity index is 0.984. The van der Waals surface area contributed by atoms with E-state index in [9.17, 15) is 5.26 Å². The number of aromatic nitrogens is 6. The van der Waals surface area contributed by atoms with Crippen LogP contribution in [0.4, 0.5) is 0 Å². The van der Waals surface area contributed by atoms with Crippen molar-refractivity contribution in [3.05, 3.63) is 339 Å². The van der Waals surface area contributed by atoms with Gasteiger partial charge in [-0.25, -0.2) is 0 Å². The SMILES string of the molecule is N#Cc1ccc2c(c1)c1ccc([Si](c3ccccc3)(c3ccccc3)c3ccccc3)cc1n2-c1nc(-c2ccc([Si](c3ccccc3)(c3ccccc3)c3ccccc3)cc2)nc(-n2c3ccccc3c3ccc4c(c5ccccc5n4-c4ccccc4)c32)n1. The maximum atomic E-state index is 10.6. The van der Waals surface area contributed by atoms with Crippen LogP contribution in [0.25, 0.3) is 94.4 Å². The van der Waals surface area contributed by atoms with E-state index in [1.54, 1.807) is 0 Å². The predicted octanol–water partition coefficient (Wildman–Crippen LogP) is 13.5. The predicted molar refractivity (Wildman–Crippen MR) is 380 cm³/mol. The fourth-order valence-corrected chi connectivity index (χ4v) is 24.3. The fraction of sp³-hybridized carbons (Fsp3) is 0. The highest BCUT2D eigenvalue weighted by atomic mass is 28.3. The second kappa shape index (κ2) is 21.8. The van der Waals surface area contributed by atoms with Gasteiger partial charge in [0.25, 0.3) is 0 Å². The van der Waals surface area contributed by atoms with Gasteiger partial charge in [0.2, 0.25) is 11.9 Å². The normalized spacial score (nSPS) is 11.9. The largest absolute Gasteiger partial charge is 0.309 e. The summed E-state index contributed by atoms with van der Waals surface area (Å²) in [5.41, 5.74) is 8.42. The average Bonchev–Trinajstić information content (AvgIpc) is 1.70. The minimum atomic E-state index is -3.07. The Morgan fingerprint density at radius 3 is 1.20 bits per heavy atom.